The second-order valence-electron chi connectivity index (χ2n) is 6.62. The van der Waals surface area contributed by atoms with Gasteiger partial charge in [0, 0.05) is 23.9 Å². The predicted octanol–water partition coefficient (Wildman–Crippen LogP) is 3.14. The van der Waals surface area contributed by atoms with Crippen LogP contribution < -0.4 is 15.8 Å². The van der Waals surface area contributed by atoms with Gasteiger partial charge in [-0.3, -0.25) is 4.79 Å². The SMILES string of the molecule is CCCC(N)c1cc(C)c2c(c1)C(NC(=O)C1CC1)CCO2. The number of benzene rings is 1. The Morgan fingerprint density at radius 1 is 1.41 bits per heavy atom. The van der Waals surface area contributed by atoms with Crippen molar-refractivity contribution in [3.8, 4) is 5.75 Å². The number of aryl methyl sites for hydroxylation is 1. The largest absolute Gasteiger partial charge is 0.493 e. The van der Waals surface area contributed by atoms with Crippen LogP contribution in [0.25, 0.3) is 0 Å². The zero-order chi connectivity index (χ0) is 15.7. The van der Waals surface area contributed by atoms with Crippen molar-refractivity contribution >= 4 is 5.91 Å². The second kappa shape index (κ2) is 6.29. The minimum Gasteiger partial charge on any atom is -0.493 e. The molecule has 1 aromatic rings. The van der Waals surface area contributed by atoms with Gasteiger partial charge in [0.15, 0.2) is 0 Å². The van der Waals surface area contributed by atoms with Crippen molar-refractivity contribution in [2.75, 3.05) is 6.61 Å². The summed E-state index contributed by atoms with van der Waals surface area (Å²) in [7, 11) is 0. The highest BCUT2D eigenvalue weighted by atomic mass is 16.5. The Bertz CT molecular complexity index is 566. The fourth-order valence-corrected chi connectivity index (χ4v) is 3.20. The molecule has 1 amide bonds. The van der Waals surface area contributed by atoms with Crippen molar-refractivity contribution in [2.24, 2.45) is 11.7 Å². The van der Waals surface area contributed by atoms with Gasteiger partial charge in [0.2, 0.25) is 5.91 Å². The van der Waals surface area contributed by atoms with E-state index in [9.17, 15) is 4.79 Å². The molecule has 1 fully saturated rings. The molecule has 0 saturated heterocycles. The first-order valence-corrected chi connectivity index (χ1v) is 8.43. The predicted molar refractivity (Wildman–Crippen MR) is 86.7 cm³/mol. The fraction of sp³-hybridized carbons (Fsp3) is 0.611. The number of amides is 1. The number of ether oxygens (including phenoxy) is 1. The lowest BCUT2D eigenvalue weighted by Crippen LogP contribution is -2.33. The van der Waals surface area contributed by atoms with E-state index in [1.807, 2.05) is 0 Å². The van der Waals surface area contributed by atoms with Crippen LogP contribution in [0.2, 0.25) is 0 Å². The molecule has 0 bridgehead atoms. The summed E-state index contributed by atoms with van der Waals surface area (Å²) in [6.45, 7) is 4.86. The molecule has 3 N–H and O–H groups in total. The van der Waals surface area contributed by atoms with Crippen LogP contribution >= 0.6 is 0 Å². The third-order valence-electron chi connectivity index (χ3n) is 4.65. The Hall–Kier alpha value is -1.55. The quantitative estimate of drug-likeness (QED) is 0.878. The molecule has 1 aromatic carbocycles. The van der Waals surface area contributed by atoms with Crippen molar-refractivity contribution in [1.82, 2.24) is 5.32 Å². The van der Waals surface area contributed by atoms with Crippen LogP contribution in [-0.4, -0.2) is 12.5 Å². The van der Waals surface area contributed by atoms with E-state index in [-0.39, 0.29) is 23.9 Å². The van der Waals surface area contributed by atoms with E-state index < -0.39 is 0 Å². The van der Waals surface area contributed by atoms with Gasteiger partial charge >= 0.3 is 0 Å². The monoisotopic (exact) mass is 302 g/mol. The molecule has 0 spiro atoms. The van der Waals surface area contributed by atoms with Crippen molar-refractivity contribution in [3.05, 3.63) is 28.8 Å². The van der Waals surface area contributed by atoms with Gasteiger partial charge in [0.1, 0.15) is 5.75 Å². The van der Waals surface area contributed by atoms with Crippen LogP contribution in [0.15, 0.2) is 12.1 Å². The second-order valence-corrected chi connectivity index (χ2v) is 6.62. The molecule has 0 radical (unpaired) electrons. The Morgan fingerprint density at radius 2 is 2.18 bits per heavy atom. The Balaban J connectivity index is 1.87. The number of carbonyl (C=O) groups is 1. The van der Waals surface area contributed by atoms with E-state index in [1.165, 1.54) is 0 Å². The van der Waals surface area contributed by atoms with Gasteiger partial charge in [-0.2, -0.15) is 0 Å². The molecular formula is C18H26N2O2. The van der Waals surface area contributed by atoms with E-state index in [0.717, 1.165) is 54.5 Å². The molecule has 22 heavy (non-hydrogen) atoms. The molecule has 2 aliphatic rings. The molecule has 1 saturated carbocycles. The first kappa shape index (κ1) is 15.3. The zero-order valence-corrected chi connectivity index (χ0v) is 13.5. The van der Waals surface area contributed by atoms with E-state index in [4.69, 9.17) is 10.5 Å². The number of carbonyl (C=O) groups excluding carboxylic acids is 1. The average molecular weight is 302 g/mol. The van der Waals surface area contributed by atoms with E-state index in [1.54, 1.807) is 0 Å². The number of nitrogens with one attached hydrogen (secondary N) is 1. The van der Waals surface area contributed by atoms with E-state index in [0.29, 0.717) is 6.61 Å². The van der Waals surface area contributed by atoms with Crippen LogP contribution in [0.3, 0.4) is 0 Å². The molecular weight excluding hydrogens is 276 g/mol. The maximum atomic E-state index is 12.1. The molecule has 1 aliphatic heterocycles. The van der Waals surface area contributed by atoms with Crippen molar-refractivity contribution < 1.29 is 9.53 Å². The molecule has 2 unspecified atom stereocenters. The normalized spacial score (nSPS) is 21.7. The number of hydrogen-bond donors (Lipinski definition) is 2. The Kier molecular flexibility index (Phi) is 4.39. The highest BCUT2D eigenvalue weighted by molar-refractivity contribution is 5.81. The Labute approximate surface area is 132 Å². The van der Waals surface area contributed by atoms with Crippen LogP contribution in [-0.2, 0) is 4.79 Å². The van der Waals surface area contributed by atoms with Crippen LogP contribution in [0, 0.1) is 12.8 Å². The molecule has 1 heterocycles. The van der Waals surface area contributed by atoms with Gasteiger partial charge in [-0.05, 0) is 43.4 Å². The molecule has 4 heteroatoms. The topological polar surface area (TPSA) is 64.3 Å². The summed E-state index contributed by atoms with van der Waals surface area (Å²) in [4.78, 5) is 12.1. The van der Waals surface area contributed by atoms with E-state index >= 15 is 0 Å². The third kappa shape index (κ3) is 3.12. The van der Waals surface area contributed by atoms with Gasteiger partial charge in [0.05, 0.1) is 12.6 Å². The molecule has 1 aliphatic carbocycles. The van der Waals surface area contributed by atoms with Crippen molar-refractivity contribution in [2.45, 2.75) is 58.0 Å². The highest BCUT2D eigenvalue weighted by Crippen LogP contribution is 2.38. The smallest absolute Gasteiger partial charge is 0.223 e. The highest BCUT2D eigenvalue weighted by Gasteiger charge is 2.33. The summed E-state index contributed by atoms with van der Waals surface area (Å²) in [6, 6.07) is 4.38. The minimum absolute atomic E-state index is 0.0516. The zero-order valence-electron chi connectivity index (χ0n) is 13.5. The standard InChI is InChI=1S/C18H26N2O2/c1-3-4-15(19)13-9-11(2)17-14(10-13)16(7-8-22-17)20-18(21)12-5-6-12/h9-10,12,15-16H,3-8,19H2,1-2H3,(H,20,21). The number of rotatable bonds is 5. The first-order chi connectivity index (χ1) is 10.6. The molecule has 4 nitrogen and oxygen atoms in total. The molecule has 3 rings (SSSR count). The van der Waals surface area contributed by atoms with Gasteiger partial charge in [-0.15, -0.1) is 0 Å². The fourth-order valence-electron chi connectivity index (χ4n) is 3.20. The van der Waals surface area contributed by atoms with Gasteiger partial charge < -0.3 is 15.8 Å². The number of nitrogens with two attached hydrogens (primary N) is 1. The average Bonchev–Trinajstić information content (AvgIpc) is 3.33. The maximum absolute atomic E-state index is 12.1. The summed E-state index contributed by atoms with van der Waals surface area (Å²) in [5.74, 6) is 1.36. The number of hydrogen-bond acceptors (Lipinski definition) is 3. The van der Waals surface area contributed by atoms with E-state index in [2.05, 4.69) is 31.3 Å². The maximum Gasteiger partial charge on any atom is 0.223 e. The lowest BCUT2D eigenvalue weighted by atomic mass is 9.92. The summed E-state index contributed by atoms with van der Waals surface area (Å²) in [5, 5.41) is 3.20. The van der Waals surface area contributed by atoms with Gasteiger partial charge in [0.25, 0.3) is 0 Å². The number of fused-ring (bicyclic) bond motifs is 1. The molecule has 120 valence electrons. The first-order valence-electron chi connectivity index (χ1n) is 8.43. The third-order valence-corrected chi connectivity index (χ3v) is 4.65. The van der Waals surface area contributed by atoms with Gasteiger partial charge in [-0.1, -0.05) is 19.4 Å². The lowest BCUT2D eigenvalue weighted by molar-refractivity contribution is -0.123. The van der Waals surface area contributed by atoms with Crippen LogP contribution in [0.1, 0.15) is 67.8 Å². The van der Waals surface area contributed by atoms with Crippen LogP contribution in [0.4, 0.5) is 0 Å². The summed E-state index contributed by atoms with van der Waals surface area (Å²) in [5.41, 5.74) is 9.65. The van der Waals surface area contributed by atoms with Crippen LogP contribution in [0.5, 0.6) is 5.75 Å². The van der Waals surface area contributed by atoms with Crippen molar-refractivity contribution in [3.63, 3.8) is 0 Å². The molecule has 2 atom stereocenters. The van der Waals surface area contributed by atoms with Crippen molar-refractivity contribution in [1.29, 1.82) is 0 Å². The minimum atomic E-state index is 0.0516. The summed E-state index contributed by atoms with van der Waals surface area (Å²) in [6.07, 6.45) is 4.93. The summed E-state index contributed by atoms with van der Waals surface area (Å²) >= 11 is 0. The Morgan fingerprint density at radius 3 is 2.86 bits per heavy atom. The lowest BCUT2D eigenvalue weighted by Gasteiger charge is -2.29. The summed E-state index contributed by atoms with van der Waals surface area (Å²) < 4.78 is 5.84. The molecule has 0 aromatic heterocycles. The van der Waals surface area contributed by atoms with Gasteiger partial charge in [-0.25, -0.2) is 0 Å².